The molecule has 0 saturated heterocycles. The minimum atomic E-state index is 0.591. The second kappa shape index (κ2) is 3.72. The van der Waals surface area contributed by atoms with Gasteiger partial charge in [0.05, 0.1) is 12.9 Å². The van der Waals surface area contributed by atoms with E-state index in [0.717, 1.165) is 22.2 Å². The SMILES string of the molecule is CCOCc1coc2cc(N)ccc12. The van der Waals surface area contributed by atoms with Gasteiger partial charge in [-0.05, 0) is 19.1 Å². The van der Waals surface area contributed by atoms with Crippen LogP contribution in [0.15, 0.2) is 28.9 Å². The predicted molar refractivity (Wildman–Crippen MR) is 56.0 cm³/mol. The Balaban J connectivity index is 2.37. The summed E-state index contributed by atoms with van der Waals surface area (Å²) in [6, 6.07) is 5.65. The van der Waals surface area contributed by atoms with E-state index in [1.807, 2.05) is 25.1 Å². The summed E-state index contributed by atoms with van der Waals surface area (Å²) >= 11 is 0. The van der Waals surface area contributed by atoms with Crippen LogP contribution in [0.2, 0.25) is 0 Å². The molecule has 2 aromatic rings. The molecule has 2 rings (SSSR count). The first-order valence-electron chi connectivity index (χ1n) is 4.64. The van der Waals surface area contributed by atoms with Gasteiger partial charge in [-0.3, -0.25) is 0 Å². The van der Waals surface area contributed by atoms with Crippen LogP contribution in [-0.2, 0) is 11.3 Å². The minimum Gasteiger partial charge on any atom is -0.464 e. The van der Waals surface area contributed by atoms with E-state index in [4.69, 9.17) is 14.9 Å². The maximum absolute atomic E-state index is 5.64. The first-order chi connectivity index (χ1) is 6.81. The molecule has 1 aromatic carbocycles. The second-order valence-electron chi connectivity index (χ2n) is 3.15. The van der Waals surface area contributed by atoms with Crippen molar-refractivity contribution in [3.05, 3.63) is 30.0 Å². The van der Waals surface area contributed by atoms with Crippen LogP contribution in [0.3, 0.4) is 0 Å². The lowest BCUT2D eigenvalue weighted by Crippen LogP contribution is -1.90. The fourth-order valence-corrected chi connectivity index (χ4v) is 1.42. The van der Waals surface area contributed by atoms with Gasteiger partial charge in [0.15, 0.2) is 0 Å². The molecule has 0 bridgehead atoms. The number of ether oxygens (including phenoxy) is 1. The quantitative estimate of drug-likeness (QED) is 0.758. The third kappa shape index (κ3) is 1.59. The second-order valence-corrected chi connectivity index (χ2v) is 3.15. The highest BCUT2D eigenvalue weighted by atomic mass is 16.5. The summed E-state index contributed by atoms with van der Waals surface area (Å²) < 4.78 is 10.7. The van der Waals surface area contributed by atoms with Crippen molar-refractivity contribution in [1.29, 1.82) is 0 Å². The normalized spacial score (nSPS) is 10.9. The predicted octanol–water partition coefficient (Wildman–Crippen LogP) is 2.55. The van der Waals surface area contributed by atoms with Crippen LogP contribution < -0.4 is 5.73 Å². The number of furan rings is 1. The fraction of sp³-hybridized carbons (Fsp3) is 0.273. The monoisotopic (exact) mass is 191 g/mol. The van der Waals surface area contributed by atoms with E-state index < -0.39 is 0 Å². The van der Waals surface area contributed by atoms with Crippen LogP contribution in [0.4, 0.5) is 5.69 Å². The lowest BCUT2D eigenvalue weighted by molar-refractivity contribution is 0.134. The number of nitrogen functional groups attached to an aromatic ring is 1. The molecule has 0 aliphatic carbocycles. The van der Waals surface area contributed by atoms with E-state index in [1.165, 1.54) is 0 Å². The van der Waals surface area contributed by atoms with E-state index in [-0.39, 0.29) is 0 Å². The van der Waals surface area contributed by atoms with Crippen molar-refractivity contribution in [3.63, 3.8) is 0 Å². The summed E-state index contributed by atoms with van der Waals surface area (Å²) in [6.45, 7) is 3.27. The summed E-state index contributed by atoms with van der Waals surface area (Å²) in [7, 11) is 0. The Bertz CT molecular complexity index is 434. The molecule has 0 fully saturated rings. The van der Waals surface area contributed by atoms with Crippen LogP contribution >= 0.6 is 0 Å². The average molecular weight is 191 g/mol. The molecule has 0 amide bonds. The van der Waals surface area contributed by atoms with Gasteiger partial charge < -0.3 is 14.9 Å². The van der Waals surface area contributed by atoms with Crippen LogP contribution in [0, 0.1) is 0 Å². The van der Waals surface area contributed by atoms with Gasteiger partial charge in [-0.15, -0.1) is 0 Å². The highest BCUT2D eigenvalue weighted by Gasteiger charge is 2.05. The topological polar surface area (TPSA) is 48.4 Å². The Morgan fingerprint density at radius 2 is 2.29 bits per heavy atom. The number of hydrogen-bond acceptors (Lipinski definition) is 3. The maximum atomic E-state index is 5.64. The maximum Gasteiger partial charge on any atom is 0.136 e. The molecule has 2 N–H and O–H groups in total. The summed E-state index contributed by atoms with van der Waals surface area (Å²) in [6.07, 6.45) is 1.72. The molecule has 3 heteroatoms. The lowest BCUT2D eigenvalue weighted by Gasteiger charge is -1.98. The van der Waals surface area contributed by atoms with E-state index in [2.05, 4.69) is 0 Å². The zero-order valence-electron chi connectivity index (χ0n) is 8.12. The Morgan fingerprint density at radius 1 is 1.43 bits per heavy atom. The number of benzene rings is 1. The highest BCUT2D eigenvalue weighted by molar-refractivity contribution is 5.83. The van der Waals surface area contributed by atoms with Gasteiger partial charge >= 0.3 is 0 Å². The molecule has 0 aliphatic heterocycles. The van der Waals surface area contributed by atoms with Crippen LogP contribution in [0.25, 0.3) is 11.0 Å². The molecule has 0 unspecified atom stereocenters. The zero-order chi connectivity index (χ0) is 9.97. The van der Waals surface area contributed by atoms with Crippen LogP contribution in [-0.4, -0.2) is 6.61 Å². The molecule has 0 spiro atoms. The third-order valence-electron chi connectivity index (χ3n) is 2.14. The molecular formula is C11H13NO2. The number of nitrogens with two attached hydrogens (primary N) is 1. The fourth-order valence-electron chi connectivity index (χ4n) is 1.42. The Morgan fingerprint density at radius 3 is 3.07 bits per heavy atom. The van der Waals surface area contributed by atoms with Crippen molar-refractivity contribution in [2.24, 2.45) is 0 Å². The first kappa shape index (κ1) is 9.09. The van der Waals surface area contributed by atoms with Gasteiger partial charge in [-0.25, -0.2) is 0 Å². The summed E-state index contributed by atoms with van der Waals surface area (Å²) in [5, 5.41) is 1.08. The van der Waals surface area contributed by atoms with Gasteiger partial charge in [-0.2, -0.15) is 0 Å². The van der Waals surface area contributed by atoms with Gasteiger partial charge in [0.2, 0.25) is 0 Å². The van der Waals surface area contributed by atoms with Crippen LogP contribution in [0.5, 0.6) is 0 Å². The molecule has 1 heterocycles. The molecular weight excluding hydrogens is 178 g/mol. The molecule has 0 radical (unpaired) electrons. The van der Waals surface area contributed by atoms with Gasteiger partial charge in [0.1, 0.15) is 5.58 Å². The van der Waals surface area contributed by atoms with E-state index in [9.17, 15) is 0 Å². The van der Waals surface area contributed by atoms with Gasteiger partial charge in [-0.1, -0.05) is 0 Å². The largest absolute Gasteiger partial charge is 0.464 e. The molecule has 0 aliphatic rings. The number of anilines is 1. The van der Waals surface area contributed by atoms with Crippen molar-refractivity contribution < 1.29 is 9.15 Å². The zero-order valence-corrected chi connectivity index (χ0v) is 8.12. The molecule has 1 aromatic heterocycles. The molecule has 74 valence electrons. The summed E-state index contributed by atoms with van der Waals surface area (Å²) in [5.74, 6) is 0. The Labute approximate surface area is 82.5 Å². The smallest absolute Gasteiger partial charge is 0.136 e. The van der Waals surface area contributed by atoms with Gasteiger partial charge in [0, 0.05) is 29.3 Å². The summed E-state index contributed by atoms with van der Waals surface area (Å²) in [5.41, 5.74) is 8.25. The standard InChI is InChI=1S/C11H13NO2/c1-2-13-6-8-7-14-11-5-9(12)3-4-10(8)11/h3-5,7H,2,6,12H2,1H3. The van der Waals surface area contributed by atoms with Crippen molar-refractivity contribution in [2.45, 2.75) is 13.5 Å². The average Bonchev–Trinajstić information content (AvgIpc) is 2.57. The van der Waals surface area contributed by atoms with Crippen LogP contribution in [0.1, 0.15) is 12.5 Å². The Hall–Kier alpha value is -1.48. The van der Waals surface area contributed by atoms with E-state index in [1.54, 1.807) is 6.26 Å². The van der Waals surface area contributed by atoms with E-state index >= 15 is 0 Å². The molecule has 3 nitrogen and oxygen atoms in total. The number of rotatable bonds is 3. The van der Waals surface area contributed by atoms with Gasteiger partial charge in [0.25, 0.3) is 0 Å². The molecule has 14 heavy (non-hydrogen) atoms. The molecule has 0 atom stereocenters. The van der Waals surface area contributed by atoms with Crippen molar-refractivity contribution in [2.75, 3.05) is 12.3 Å². The lowest BCUT2D eigenvalue weighted by atomic mass is 10.2. The first-order valence-corrected chi connectivity index (χ1v) is 4.64. The van der Waals surface area contributed by atoms with E-state index in [0.29, 0.717) is 13.2 Å². The summed E-state index contributed by atoms with van der Waals surface area (Å²) in [4.78, 5) is 0. The minimum absolute atomic E-state index is 0.591. The van der Waals surface area contributed by atoms with Crippen molar-refractivity contribution in [3.8, 4) is 0 Å². The van der Waals surface area contributed by atoms with Crippen molar-refractivity contribution >= 4 is 16.7 Å². The third-order valence-corrected chi connectivity index (χ3v) is 2.14. The number of fused-ring (bicyclic) bond motifs is 1. The number of hydrogen-bond donors (Lipinski definition) is 1. The van der Waals surface area contributed by atoms with Crippen molar-refractivity contribution in [1.82, 2.24) is 0 Å². The highest BCUT2D eigenvalue weighted by Crippen LogP contribution is 2.23. The Kier molecular flexibility index (Phi) is 2.41. The molecule has 0 saturated carbocycles.